The van der Waals surface area contributed by atoms with Gasteiger partial charge in [-0.1, -0.05) is 36.4 Å². The van der Waals surface area contributed by atoms with E-state index in [1.807, 2.05) is 30.3 Å². The van der Waals surface area contributed by atoms with Crippen LogP contribution in [0, 0.1) is 0 Å². The van der Waals surface area contributed by atoms with Gasteiger partial charge >= 0.3 is 0 Å². The molecule has 24 heavy (non-hydrogen) atoms. The Labute approximate surface area is 140 Å². The number of rotatable bonds is 9. The van der Waals surface area contributed by atoms with Crippen LogP contribution in [0.2, 0.25) is 0 Å². The van der Waals surface area contributed by atoms with Crippen LogP contribution in [0.3, 0.4) is 0 Å². The van der Waals surface area contributed by atoms with Crippen LogP contribution >= 0.6 is 0 Å². The van der Waals surface area contributed by atoms with Crippen LogP contribution in [-0.4, -0.2) is 17.2 Å². The maximum atomic E-state index is 12.5. The molecule has 0 unspecified atom stereocenters. The number of Topliss-reactive ketones (excluding diaryl/α,β-unsaturated/α-hetero) is 1. The molecule has 0 aliphatic rings. The molecule has 0 spiro atoms. The molecule has 5 heteroatoms. The lowest BCUT2D eigenvalue weighted by Crippen LogP contribution is -2.19. The molecule has 0 amide bonds. The molecule has 5 nitrogen and oxygen atoms in total. The Kier molecular flexibility index (Phi) is 6.25. The molecule has 0 saturated heterocycles. The van der Waals surface area contributed by atoms with E-state index in [2.05, 4.69) is 18.4 Å². The highest BCUT2D eigenvalue weighted by atomic mass is 16.5. The van der Waals surface area contributed by atoms with Crippen LogP contribution in [0.25, 0.3) is 0 Å². The molecule has 2 rings (SSSR count). The topological polar surface area (TPSA) is 60.7 Å². The van der Waals surface area contributed by atoms with Gasteiger partial charge < -0.3 is 4.74 Å². The first-order valence-electron chi connectivity index (χ1n) is 7.71. The minimum absolute atomic E-state index is 0.0114. The summed E-state index contributed by atoms with van der Waals surface area (Å²) in [6.07, 6.45) is 4.84. The smallest absolute Gasteiger partial charge is 0.224 e. The Morgan fingerprint density at radius 3 is 2.67 bits per heavy atom. The van der Waals surface area contributed by atoms with Crippen molar-refractivity contribution in [2.75, 3.05) is 0 Å². The van der Waals surface area contributed by atoms with Crippen molar-refractivity contribution in [3.63, 3.8) is 0 Å². The SMILES string of the molecule is C=CCCCC(=O)c1c(OCc2ccccc2)c(=O)ccn1N=C. The van der Waals surface area contributed by atoms with Gasteiger partial charge in [-0.15, -0.1) is 6.58 Å². The standard InChI is InChI=1S/C19H20N2O3/c1-3-4-6-11-16(22)18-19(17(23)12-13-21(18)20-2)24-14-15-9-7-5-8-10-15/h3,5,7-10,12-13H,1-2,4,6,11,14H2. The second-order valence-corrected chi connectivity index (χ2v) is 5.22. The van der Waals surface area contributed by atoms with Crippen LogP contribution < -0.4 is 10.2 Å². The van der Waals surface area contributed by atoms with E-state index < -0.39 is 0 Å². The fourth-order valence-corrected chi connectivity index (χ4v) is 2.28. The van der Waals surface area contributed by atoms with E-state index in [1.54, 1.807) is 6.08 Å². The van der Waals surface area contributed by atoms with Crippen molar-refractivity contribution < 1.29 is 9.53 Å². The van der Waals surface area contributed by atoms with Crippen LogP contribution in [0.5, 0.6) is 5.75 Å². The first kappa shape index (κ1) is 17.4. The fourth-order valence-electron chi connectivity index (χ4n) is 2.28. The van der Waals surface area contributed by atoms with E-state index in [-0.39, 0.29) is 35.7 Å². The zero-order chi connectivity index (χ0) is 17.4. The maximum Gasteiger partial charge on any atom is 0.224 e. The van der Waals surface area contributed by atoms with Crippen molar-refractivity contribution in [3.05, 3.63) is 76.7 Å². The van der Waals surface area contributed by atoms with Crippen LogP contribution in [-0.2, 0) is 6.61 Å². The molecule has 1 heterocycles. The molecular weight excluding hydrogens is 304 g/mol. The molecule has 0 bridgehead atoms. The largest absolute Gasteiger partial charge is 0.483 e. The quantitative estimate of drug-likeness (QED) is 0.307. The second-order valence-electron chi connectivity index (χ2n) is 5.22. The third-order valence-corrected chi connectivity index (χ3v) is 3.49. The Morgan fingerprint density at radius 2 is 2.00 bits per heavy atom. The predicted octanol–water partition coefficient (Wildman–Crippen LogP) is 3.43. The fraction of sp³-hybridized carbons (Fsp3) is 0.211. The number of unbranched alkanes of at least 4 members (excludes halogenated alkanes) is 1. The monoisotopic (exact) mass is 324 g/mol. The van der Waals surface area contributed by atoms with Gasteiger partial charge in [0.2, 0.25) is 5.43 Å². The molecular formula is C19H20N2O3. The molecule has 0 aliphatic carbocycles. The molecule has 0 saturated carbocycles. The summed E-state index contributed by atoms with van der Waals surface area (Å²) in [4.78, 5) is 24.7. The number of carbonyl (C=O) groups is 1. The molecule has 0 N–H and O–H groups in total. The lowest BCUT2D eigenvalue weighted by atomic mass is 10.1. The molecule has 1 aromatic heterocycles. The zero-order valence-corrected chi connectivity index (χ0v) is 13.5. The summed E-state index contributed by atoms with van der Waals surface area (Å²) >= 11 is 0. The van der Waals surface area contributed by atoms with Crippen molar-refractivity contribution in [3.8, 4) is 5.75 Å². The summed E-state index contributed by atoms with van der Waals surface area (Å²) in [7, 11) is 0. The molecule has 0 atom stereocenters. The summed E-state index contributed by atoms with van der Waals surface area (Å²) in [5.41, 5.74) is 0.694. The Hall–Kier alpha value is -2.95. The minimum Gasteiger partial charge on any atom is -0.483 e. The summed E-state index contributed by atoms with van der Waals surface area (Å²) in [6, 6.07) is 10.8. The highest BCUT2D eigenvalue weighted by Crippen LogP contribution is 2.18. The van der Waals surface area contributed by atoms with Gasteiger partial charge in [0.15, 0.2) is 17.2 Å². The number of hydrogen-bond acceptors (Lipinski definition) is 4. The second kappa shape index (κ2) is 8.62. The first-order valence-corrected chi connectivity index (χ1v) is 7.71. The van der Waals surface area contributed by atoms with Crippen LogP contribution in [0.1, 0.15) is 35.3 Å². The third kappa shape index (κ3) is 4.29. The number of benzene rings is 1. The summed E-state index contributed by atoms with van der Waals surface area (Å²) in [5, 5.41) is 3.78. The minimum atomic E-state index is -0.349. The van der Waals surface area contributed by atoms with Crippen LogP contribution in [0.4, 0.5) is 0 Å². The van der Waals surface area contributed by atoms with Gasteiger partial charge in [-0.25, -0.2) is 4.68 Å². The van der Waals surface area contributed by atoms with E-state index in [9.17, 15) is 9.59 Å². The molecule has 0 radical (unpaired) electrons. The van der Waals surface area contributed by atoms with Crippen molar-refractivity contribution in [2.45, 2.75) is 25.9 Å². The predicted molar refractivity (Wildman–Crippen MR) is 94.8 cm³/mol. The lowest BCUT2D eigenvalue weighted by molar-refractivity contribution is 0.0965. The zero-order valence-electron chi connectivity index (χ0n) is 13.5. The van der Waals surface area contributed by atoms with E-state index >= 15 is 0 Å². The Balaban J connectivity index is 2.30. The van der Waals surface area contributed by atoms with Gasteiger partial charge in [-0.2, -0.15) is 5.10 Å². The van der Waals surface area contributed by atoms with Crippen molar-refractivity contribution in [1.82, 2.24) is 4.68 Å². The van der Waals surface area contributed by atoms with Crippen LogP contribution in [0.15, 0.2) is 65.1 Å². The summed E-state index contributed by atoms with van der Waals surface area (Å²) in [5.74, 6) is -0.192. The van der Waals surface area contributed by atoms with Gasteiger partial charge in [0.05, 0.1) is 0 Å². The van der Waals surface area contributed by atoms with E-state index in [0.717, 1.165) is 12.0 Å². The Bertz CT molecular complexity index is 779. The van der Waals surface area contributed by atoms with Gasteiger partial charge in [-0.05, 0) is 18.4 Å². The number of carbonyl (C=O) groups excluding carboxylic acids is 1. The van der Waals surface area contributed by atoms with Crippen molar-refractivity contribution in [2.24, 2.45) is 5.10 Å². The highest BCUT2D eigenvalue weighted by molar-refractivity contribution is 5.97. The number of ether oxygens (including phenoxy) is 1. The molecule has 124 valence electrons. The molecule has 0 aliphatic heterocycles. The summed E-state index contributed by atoms with van der Waals surface area (Å²) in [6.45, 7) is 7.28. The van der Waals surface area contributed by atoms with Gasteiger partial charge in [0.25, 0.3) is 0 Å². The lowest BCUT2D eigenvalue weighted by Gasteiger charge is -2.13. The molecule has 0 fully saturated rings. The van der Waals surface area contributed by atoms with Crippen molar-refractivity contribution >= 4 is 12.5 Å². The van der Waals surface area contributed by atoms with Gasteiger partial charge in [0.1, 0.15) is 6.61 Å². The average molecular weight is 324 g/mol. The summed E-state index contributed by atoms with van der Waals surface area (Å²) < 4.78 is 6.95. The third-order valence-electron chi connectivity index (χ3n) is 3.49. The van der Waals surface area contributed by atoms with Gasteiger partial charge in [0, 0.05) is 25.4 Å². The normalized spacial score (nSPS) is 10.2. The van der Waals surface area contributed by atoms with Gasteiger partial charge in [-0.3, -0.25) is 9.59 Å². The number of allylic oxidation sites excluding steroid dienone is 1. The van der Waals surface area contributed by atoms with E-state index in [1.165, 1.54) is 16.9 Å². The Morgan fingerprint density at radius 1 is 1.25 bits per heavy atom. The number of aromatic nitrogens is 1. The van der Waals surface area contributed by atoms with Crippen molar-refractivity contribution in [1.29, 1.82) is 0 Å². The number of pyridine rings is 1. The number of nitrogens with zero attached hydrogens (tertiary/aromatic N) is 2. The number of hydrogen-bond donors (Lipinski definition) is 0. The maximum absolute atomic E-state index is 12.5. The molecule has 1 aromatic carbocycles. The van der Waals surface area contributed by atoms with E-state index in [4.69, 9.17) is 4.74 Å². The average Bonchev–Trinajstić information content (AvgIpc) is 2.61. The van der Waals surface area contributed by atoms with E-state index in [0.29, 0.717) is 6.42 Å². The number of ketones is 1. The first-order chi connectivity index (χ1) is 11.7. The highest BCUT2D eigenvalue weighted by Gasteiger charge is 2.19. The molecule has 2 aromatic rings.